The predicted molar refractivity (Wildman–Crippen MR) is 46.5 cm³/mol. The van der Waals surface area contributed by atoms with Gasteiger partial charge >= 0.3 is 0 Å². The average Bonchev–Trinajstić information content (AvgIpc) is 2.09. The van der Waals surface area contributed by atoms with Crippen molar-refractivity contribution >= 4 is 11.6 Å². The lowest BCUT2D eigenvalue weighted by atomic mass is 9.96. The third kappa shape index (κ3) is 1.94. The van der Waals surface area contributed by atoms with Crippen molar-refractivity contribution in [3.05, 3.63) is 33.9 Å². The van der Waals surface area contributed by atoms with Crippen LogP contribution in [0, 0.1) is 23.3 Å². The Morgan fingerprint density at radius 1 is 0.933 bits per heavy atom. The molecule has 6 heteroatoms. The van der Waals surface area contributed by atoms with Crippen LogP contribution in [0.5, 0.6) is 0 Å². The van der Waals surface area contributed by atoms with Gasteiger partial charge in [-0.3, -0.25) is 0 Å². The van der Waals surface area contributed by atoms with E-state index in [1.54, 1.807) is 0 Å². The number of hydrogen-bond acceptors (Lipinski definition) is 1. The van der Waals surface area contributed by atoms with Gasteiger partial charge in [-0.25, -0.2) is 17.6 Å². The maximum atomic E-state index is 13.2. The average molecular weight is 243 g/mol. The first kappa shape index (κ1) is 12.3. The van der Waals surface area contributed by atoms with Gasteiger partial charge in [0.2, 0.25) is 0 Å². The van der Waals surface area contributed by atoms with E-state index in [4.69, 9.17) is 11.6 Å². The molecule has 1 N–H and O–H groups in total. The summed E-state index contributed by atoms with van der Waals surface area (Å²) in [6, 6.07) is 0. The molecule has 1 rings (SSSR count). The van der Waals surface area contributed by atoms with Crippen LogP contribution < -0.4 is 0 Å². The molecule has 0 atom stereocenters. The van der Waals surface area contributed by atoms with Crippen molar-refractivity contribution in [1.82, 2.24) is 0 Å². The van der Waals surface area contributed by atoms with Gasteiger partial charge in [-0.2, -0.15) is 0 Å². The number of benzene rings is 1. The summed E-state index contributed by atoms with van der Waals surface area (Å²) in [6.07, 6.45) is 0. The normalized spacial score (nSPS) is 12.0. The highest BCUT2D eigenvalue weighted by atomic mass is 35.5. The van der Waals surface area contributed by atoms with Crippen LogP contribution >= 0.6 is 11.6 Å². The predicted octanol–water partition coefficient (Wildman–Crippen LogP) is 3.12. The highest BCUT2D eigenvalue weighted by Gasteiger charge is 2.32. The molecule has 0 saturated heterocycles. The second-order valence-corrected chi connectivity index (χ2v) is 3.88. The van der Waals surface area contributed by atoms with Crippen LogP contribution in [0.15, 0.2) is 0 Å². The molecule has 0 amide bonds. The highest BCUT2D eigenvalue weighted by Crippen LogP contribution is 2.33. The van der Waals surface area contributed by atoms with Gasteiger partial charge in [-0.15, -0.1) is 0 Å². The zero-order valence-electron chi connectivity index (χ0n) is 7.84. The maximum Gasteiger partial charge on any atom is 0.180 e. The molecule has 0 saturated carbocycles. The molecule has 15 heavy (non-hydrogen) atoms. The summed E-state index contributed by atoms with van der Waals surface area (Å²) in [5.41, 5.74) is -3.12. The summed E-state index contributed by atoms with van der Waals surface area (Å²) in [7, 11) is 0. The Kier molecular flexibility index (Phi) is 2.98. The van der Waals surface area contributed by atoms with Gasteiger partial charge in [0.1, 0.15) is 5.02 Å². The smallest absolute Gasteiger partial charge is 0.180 e. The Labute approximate surface area is 88.3 Å². The summed E-state index contributed by atoms with van der Waals surface area (Å²) in [6.45, 7) is 2.00. The van der Waals surface area contributed by atoms with Crippen LogP contribution in [-0.2, 0) is 5.60 Å². The van der Waals surface area contributed by atoms with E-state index in [2.05, 4.69) is 0 Å². The first-order valence-electron chi connectivity index (χ1n) is 3.92. The van der Waals surface area contributed by atoms with Crippen molar-refractivity contribution in [2.45, 2.75) is 19.4 Å². The van der Waals surface area contributed by atoms with E-state index in [-0.39, 0.29) is 0 Å². The molecule has 0 fully saturated rings. The first-order valence-corrected chi connectivity index (χ1v) is 4.30. The number of hydrogen-bond donors (Lipinski definition) is 1. The summed E-state index contributed by atoms with van der Waals surface area (Å²) >= 11 is 5.00. The summed E-state index contributed by atoms with van der Waals surface area (Å²) in [4.78, 5) is 0. The number of aliphatic hydroxyl groups is 1. The molecule has 1 aromatic rings. The summed E-state index contributed by atoms with van der Waals surface area (Å²) < 4.78 is 52.2. The fourth-order valence-corrected chi connectivity index (χ4v) is 1.31. The molecule has 0 aliphatic rings. The lowest BCUT2D eigenvalue weighted by molar-refractivity contribution is 0.0682. The van der Waals surface area contributed by atoms with Gasteiger partial charge in [0.25, 0.3) is 0 Å². The molecule has 0 aromatic heterocycles. The van der Waals surface area contributed by atoms with Gasteiger partial charge in [0.05, 0.1) is 11.2 Å². The van der Waals surface area contributed by atoms with Gasteiger partial charge in [-0.1, -0.05) is 11.6 Å². The molecule has 0 unspecified atom stereocenters. The Morgan fingerprint density at radius 2 is 1.27 bits per heavy atom. The Morgan fingerprint density at radius 3 is 1.53 bits per heavy atom. The topological polar surface area (TPSA) is 20.2 Å². The van der Waals surface area contributed by atoms with E-state index in [1.807, 2.05) is 0 Å². The molecule has 1 aromatic carbocycles. The van der Waals surface area contributed by atoms with Gasteiger partial charge in [-0.05, 0) is 13.8 Å². The monoisotopic (exact) mass is 242 g/mol. The van der Waals surface area contributed by atoms with Crippen LogP contribution in [0.1, 0.15) is 19.4 Å². The number of halogens is 5. The van der Waals surface area contributed by atoms with Crippen molar-refractivity contribution in [3.8, 4) is 0 Å². The van der Waals surface area contributed by atoms with Gasteiger partial charge in [0.15, 0.2) is 23.3 Å². The van der Waals surface area contributed by atoms with Crippen LogP contribution in [0.2, 0.25) is 5.02 Å². The van der Waals surface area contributed by atoms with Crippen molar-refractivity contribution in [3.63, 3.8) is 0 Å². The molecule has 0 spiro atoms. The van der Waals surface area contributed by atoms with Crippen molar-refractivity contribution in [1.29, 1.82) is 0 Å². The van der Waals surface area contributed by atoms with E-state index >= 15 is 0 Å². The van der Waals surface area contributed by atoms with Crippen molar-refractivity contribution in [2.24, 2.45) is 0 Å². The standard InChI is InChI=1S/C9H7ClF4O/c1-9(2,15)3-5(11)7(13)4(10)8(14)6(3)12/h15H,1-2H3. The third-order valence-corrected chi connectivity index (χ3v) is 2.15. The van der Waals surface area contributed by atoms with Crippen LogP contribution in [0.4, 0.5) is 17.6 Å². The Hall–Kier alpha value is -0.810. The van der Waals surface area contributed by atoms with E-state index in [0.29, 0.717) is 0 Å². The zero-order valence-corrected chi connectivity index (χ0v) is 8.59. The van der Waals surface area contributed by atoms with Crippen LogP contribution in [0.25, 0.3) is 0 Å². The van der Waals surface area contributed by atoms with Crippen molar-refractivity contribution < 1.29 is 22.7 Å². The molecule has 84 valence electrons. The minimum absolute atomic E-state index is 1.00. The SMILES string of the molecule is CC(C)(O)c1c(F)c(F)c(Cl)c(F)c1F. The van der Waals surface area contributed by atoms with Crippen LogP contribution in [-0.4, -0.2) is 5.11 Å². The Bertz CT molecular complexity index is 383. The second kappa shape index (κ2) is 3.64. The fourth-order valence-electron chi connectivity index (χ4n) is 1.14. The highest BCUT2D eigenvalue weighted by molar-refractivity contribution is 6.30. The van der Waals surface area contributed by atoms with E-state index in [0.717, 1.165) is 13.8 Å². The minimum atomic E-state index is -2.04. The second-order valence-electron chi connectivity index (χ2n) is 3.50. The largest absolute Gasteiger partial charge is 0.386 e. The molecule has 0 bridgehead atoms. The molecule has 1 nitrogen and oxygen atoms in total. The lowest BCUT2D eigenvalue weighted by Crippen LogP contribution is -2.22. The molecule has 0 radical (unpaired) electrons. The van der Waals surface area contributed by atoms with E-state index in [1.165, 1.54) is 0 Å². The third-order valence-electron chi connectivity index (χ3n) is 1.82. The molecule has 0 aliphatic carbocycles. The zero-order chi connectivity index (χ0) is 12.0. The van der Waals surface area contributed by atoms with Gasteiger partial charge in [0, 0.05) is 0 Å². The molecular weight excluding hydrogens is 236 g/mol. The van der Waals surface area contributed by atoms with E-state index in [9.17, 15) is 22.7 Å². The fraction of sp³-hybridized carbons (Fsp3) is 0.333. The summed E-state index contributed by atoms with van der Waals surface area (Å²) in [5, 5.41) is 8.07. The maximum absolute atomic E-state index is 13.2. The number of rotatable bonds is 1. The van der Waals surface area contributed by atoms with Crippen molar-refractivity contribution in [2.75, 3.05) is 0 Å². The lowest BCUT2D eigenvalue weighted by Gasteiger charge is -2.20. The quantitative estimate of drug-likeness (QED) is 0.456. The molecule has 0 aliphatic heterocycles. The first-order chi connectivity index (χ1) is 6.68. The molecule has 0 heterocycles. The molecular formula is C9H7ClF4O. The van der Waals surface area contributed by atoms with Crippen LogP contribution in [0.3, 0.4) is 0 Å². The Balaban J connectivity index is 3.68. The van der Waals surface area contributed by atoms with Gasteiger partial charge < -0.3 is 5.11 Å². The summed E-state index contributed by atoms with van der Waals surface area (Å²) in [5.74, 6) is -6.81. The minimum Gasteiger partial charge on any atom is -0.386 e. The van der Waals surface area contributed by atoms with E-state index < -0.39 is 39.5 Å².